The van der Waals surface area contributed by atoms with Gasteiger partial charge in [-0.15, -0.1) is 0 Å². The van der Waals surface area contributed by atoms with Crippen LogP contribution in [-0.2, 0) is 11.2 Å². The topological polar surface area (TPSA) is 57.6 Å². The van der Waals surface area contributed by atoms with E-state index in [1.807, 2.05) is 17.9 Å². The second-order valence-corrected chi connectivity index (χ2v) is 6.88. The average molecular weight is 317 g/mol. The van der Waals surface area contributed by atoms with Crippen molar-refractivity contribution < 1.29 is 14.7 Å². The van der Waals surface area contributed by atoms with Crippen molar-refractivity contribution in [1.29, 1.82) is 0 Å². The van der Waals surface area contributed by atoms with Gasteiger partial charge < -0.3 is 10.0 Å². The van der Waals surface area contributed by atoms with Crippen molar-refractivity contribution in [3.63, 3.8) is 0 Å². The van der Waals surface area contributed by atoms with Gasteiger partial charge >= 0.3 is 5.97 Å². The Balaban J connectivity index is 2.23. The number of carbonyl (C=O) groups excluding carboxylic acids is 1. The van der Waals surface area contributed by atoms with Crippen LogP contribution in [0, 0.1) is 11.8 Å². The summed E-state index contributed by atoms with van der Waals surface area (Å²) < 4.78 is 0. The number of nitrogens with zero attached hydrogens (tertiary/aromatic N) is 1. The zero-order chi connectivity index (χ0) is 17.1. The van der Waals surface area contributed by atoms with E-state index in [9.17, 15) is 14.7 Å². The molecule has 1 aromatic carbocycles. The van der Waals surface area contributed by atoms with Gasteiger partial charge in [0.05, 0.1) is 11.6 Å². The van der Waals surface area contributed by atoms with Gasteiger partial charge in [0.2, 0.25) is 5.91 Å². The number of carboxylic acids is 1. The van der Waals surface area contributed by atoms with Crippen molar-refractivity contribution in [2.45, 2.75) is 53.0 Å². The van der Waals surface area contributed by atoms with E-state index in [0.29, 0.717) is 30.4 Å². The molecule has 23 heavy (non-hydrogen) atoms. The molecule has 1 aliphatic carbocycles. The van der Waals surface area contributed by atoms with Gasteiger partial charge in [0, 0.05) is 13.0 Å². The van der Waals surface area contributed by atoms with E-state index in [4.69, 9.17) is 0 Å². The largest absolute Gasteiger partial charge is 0.478 e. The maximum Gasteiger partial charge on any atom is 0.335 e. The van der Waals surface area contributed by atoms with E-state index in [1.54, 1.807) is 12.1 Å². The molecule has 2 rings (SSSR count). The van der Waals surface area contributed by atoms with Gasteiger partial charge in [0.25, 0.3) is 0 Å². The summed E-state index contributed by atoms with van der Waals surface area (Å²) in [4.78, 5) is 25.9. The average Bonchev–Trinajstić information content (AvgIpc) is 2.91. The molecule has 1 amide bonds. The zero-order valence-corrected chi connectivity index (χ0v) is 14.5. The van der Waals surface area contributed by atoms with Crippen LogP contribution in [0.4, 0.5) is 0 Å². The lowest BCUT2D eigenvalue weighted by Gasteiger charge is -2.30. The number of carboxylic acid groups (broad SMARTS) is 1. The first kappa shape index (κ1) is 17.5. The minimum Gasteiger partial charge on any atom is -0.478 e. The number of benzene rings is 1. The van der Waals surface area contributed by atoms with Crippen molar-refractivity contribution >= 4 is 11.9 Å². The van der Waals surface area contributed by atoms with Crippen molar-refractivity contribution in [2.75, 3.05) is 6.54 Å². The van der Waals surface area contributed by atoms with Crippen LogP contribution in [0.2, 0.25) is 0 Å². The van der Waals surface area contributed by atoms with Crippen LogP contribution in [0.3, 0.4) is 0 Å². The van der Waals surface area contributed by atoms with Crippen LogP contribution in [0.1, 0.15) is 68.1 Å². The summed E-state index contributed by atoms with van der Waals surface area (Å²) in [5, 5.41) is 9.21. The molecular weight excluding hydrogens is 290 g/mol. The SMILES string of the molecule is CCN(C(=O)CC(C)C(C)C)[C@@H]1CCc2ccc(C(=O)O)cc21. The minimum absolute atomic E-state index is 0.0150. The van der Waals surface area contributed by atoms with E-state index >= 15 is 0 Å². The summed E-state index contributed by atoms with van der Waals surface area (Å²) >= 11 is 0. The van der Waals surface area contributed by atoms with E-state index in [1.165, 1.54) is 5.56 Å². The number of amides is 1. The second kappa shape index (κ2) is 7.16. The molecule has 2 atom stereocenters. The molecule has 0 heterocycles. The van der Waals surface area contributed by atoms with E-state index in [2.05, 4.69) is 20.8 Å². The summed E-state index contributed by atoms with van der Waals surface area (Å²) in [5.41, 5.74) is 2.48. The van der Waals surface area contributed by atoms with Crippen LogP contribution in [-0.4, -0.2) is 28.4 Å². The Kier molecular flexibility index (Phi) is 5.45. The lowest BCUT2D eigenvalue weighted by molar-refractivity contribution is -0.134. The summed E-state index contributed by atoms with van der Waals surface area (Å²) in [6.45, 7) is 9.04. The summed E-state index contributed by atoms with van der Waals surface area (Å²) in [6, 6.07) is 5.31. The Morgan fingerprint density at radius 1 is 1.30 bits per heavy atom. The van der Waals surface area contributed by atoms with Gasteiger partial charge in [0.1, 0.15) is 0 Å². The van der Waals surface area contributed by atoms with Gasteiger partial charge in [-0.2, -0.15) is 0 Å². The number of hydrogen-bond donors (Lipinski definition) is 1. The number of aromatic carboxylic acids is 1. The number of carbonyl (C=O) groups is 2. The third-order valence-electron chi connectivity index (χ3n) is 5.11. The minimum atomic E-state index is -0.916. The number of fused-ring (bicyclic) bond motifs is 1. The first-order valence-corrected chi connectivity index (χ1v) is 8.50. The third-order valence-corrected chi connectivity index (χ3v) is 5.11. The Labute approximate surface area is 138 Å². The standard InChI is InChI=1S/C19H27NO3/c1-5-20(18(21)10-13(4)12(2)3)17-9-8-14-6-7-15(19(22)23)11-16(14)17/h6-7,11-13,17H,5,8-10H2,1-4H3,(H,22,23)/t13?,17-/m1/s1. The molecule has 0 fully saturated rings. The number of aryl methyl sites for hydroxylation is 1. The highest BCUT2D eigenvalue weighted by Gasteiger charge is 2.31. The van der Waals surface area contributed by atoms with Crippen LogP contribution >= 0.6 is 0 Å². The van der Waals surface area contributed by atoms with E-state index in [-0.39, 0.29) is 11.9 Å². The normalized spacial score (nSPS) is 17.9. The smallest absolute Gasteiger partial charge is 0.335 e. The molecule has 1 unspecified atom stereocenters. The molecule has 0 aliphatic heterocycles. The van der Waals surface area contributed by atoms with Gasteiger partial charge in [-0.05, 0) is 54.9 Å². The van der Waals surface area contributed by atoms with Gasteiger partial charge in [-0.25, -0.2) is 4.79 Å². The zero-order valence-electron chi connectivity index (χ0n) is 14.5. The molecule has 126 valence electrons. The maximum atomic E-state index is 12.7. The van der Waals surface area contributed by atoms with Crippen LogP contribution < -0.4 is 0 Å². The molecule has 0 radical (unpaired) electrons. The highest BCUT2D eigenvalue weighted by atomic mass is 16.4. The fourth-order valence-corrected chi connectivity index (χ4v) is 3.24. The number of hydrogen-bond acceptors (Lipinski definition) is 2. The predicted octanol–water partition coefficient (Wildman–Crippen LogP) is 3.90. The Morgan fingerprint density at radius 3 is 2.57 bits per heavy atom. The molecular formula is C19H27NO3. The maximum absolute atomic E-state index is 12.7. The lowest BCUT2D eigenvalue weighted by Crippen LogP contribution is -2.35. The monoisotopic (exact) mass is 317 g/mol. The van der Waals surface area contributed by atoms with Crippen molar-refractivity contribution in [2.24, 2.45) is 11.8 Å². The van der Waals surface area contributed by atoms with Gasteiger partial charge in [0.15, 0.2) is 0 Å². The molecule has 1 N–H and O–H groups in total. The molecule has 4 heteroatoms. The fourth-order valence-electron chi connectivity index (χ4n) is 3.24. The molecule has 0 bridgehead atoms. The highest BCUT2D eigenvalue weighted by Crippen LogP contribution is 2.37. The Bertz CT molecular complexity index is 594. The lowest BCUT2D eigenvalue weighted by atomic mass is 9.93. The van der Waals surface area contributed by atoms with E-state index in [0.717, 1.165) is 18.4 Å². The van der Waals surface area contributed by atoms with E-state index < -0.39 is 5.97 Å². The molecule has 0 saturated heterocycles. The molecule has 1 aliphatic rings. The summed E-state index contributed by atoms with van der Waals surface area (Å²) in [6.07, 6.45) is 2.34. The Morgan fingerprint density at radius 2 is 2.00 bits per heavy atom. The first-order chi connectivity index (χ1) is 10.8. The third kappa shape index (κ3) is 3.74. The quantitative estimate of drug-likeness (QED) is 0.865. The molecule has 0 spiro atoms. The first-order valence-electron chi connectivity index (χ1n) is 8.50. The molecule has 4 nitrogen and oxygen atoms in total. The van der Waals surface area contributed by atoms with Crippen LogP contribution in [0.15, 0.2) is 18.2 Å². The molecule has 0 saturated carbocycles. The predicted molar refractivity (Wildman–Crippen MR) is 90.5 cm³/mol. The molecule has 0 aromatic heterocycles. The van der Waals surface area contributed by atoms with Crippen LogP contribution in [0.25, 0.3) is 0 Å². The Hall–Kier alpha value is -1.84. The fraction of sp³-hybridized carbons (Fsp3) is 0.579. The van der Waals surface area contributed by atoms with Crippen molar-refractivity contribution in [3.8, 4) is 0 Å². The van der Waals surface area contributed by atoms with Crippen LogP contribution in [0.5, 0.6) is 0 Å². The highest BCUT2D eigenvalue weighted by molar-refractivity contribution is 5.88. The van der Waals surface area contributed by atoms with Gasteiger partial charge in [-0.3, -0.25) is 4.79 Å². The van der Waals surface area contributed by atoms with Gasteiger partial charge in [-0.1, -0.05) is 26.8 Å². The second-order valence-electron chi connectivity index (χ2n) is 6.88. The number of rotatable bonds is 6. The van der Waals surface area contributed by atoms with Crippen molar-refractivity contribution in [3.05, 3.63) is 34.9 Å². The summed E-state index contributed by atoms with van der Waals surface area (Å²) in [7, 11) is 0. The molecule has 1 aromatic rings. The van der Waals surface area contributed by atoms with Crippen molar-refractivity contribution in [1.82, 2.24) is 4.90 Å². The summed E-state index contributed by atoms with van der Waals surface area (Å²) in [5.74, 6) is 0.0865.